The lowest BCUT2D eigenvalue weighted by molar-refractivity contribution is -0.138. The molecule has 1 heterocycles. The first-order chi connectivity index (χ1) is 7.08. The molecule has 1 aromatic rings. The highest BCUT2D eigenvalue weighted by molar-refractivity contribution is 5.75. The summed E-state index contributed by atoms with van der Waals surface area (Å²) >= 11 is 0. The van der Waals surface area contributed by atoms with Gasteiger partial charge in [0.15, 0.2) is 0 Å². The maximum absolute atomic E-state index is 10.7. The minimum Gasteiger partial charge on any atom is -0.481 e. The predicted molar refractivity (Wildman–Crippen MR) is 55.5 cm³/mol. The summed E-state index contributed by atoms with van der Waals surface area (Å²) in [5.41, 5.74) is 0.933. The first-order valence-corrected chi connectivity index (χ1v) is 5.34. The third-order valence-corrected chi connectivity index (χ3v) is 2.70. The average Bonchev–Trinajstić information content (AvgIpc) is 2.81. The monoisotopic (exact) mass is 208 g/mol. The average molecular weight is 208 g/mol. The first kappa shape index (κ1) is 10.2. The molecule has 1 aliphatic rings. The zero-order valence-corrected chi connectivity index (χ0v) is 9.05. The number of rotatable bonds is 4. The van der Waals surface area contributed by atoms with E-state index in [1.807, 2.05) is 16.9 Å². The first-order valence-electron chi connectivity index (χ1n) is 5.34. The minimum atomic E-state index is -0.696. The summed E-state index contributed by atoms with van der Waals surface area (Å²) in [5.74, 6) is -0.186. The van der Waals surface area contributed by atoms with Crippen LogP contribution in [0.15, 0.2) is 12.3 Å². The number of hydrogen-bond donors (Lipinski definition) is 1. The van der Waals surface area contributed by atoms with Gasteiger partial charge >= 0.3 is 5.97 Å². The van der Waals surface area contributed by atoms with Crippen LogP contribution in [-0.2, 0) is 11.3 Å². The maximum Gasteiger partial charge on any atom is 0.307 e. The van der Waals surface area contributed by atoms with Gasteiger partial charge in [-0.1, -0.05) is 13.8 Å². The lowest BCUT2D eigenvalue weighted by Gasteiger charge is -2.03. The Labute approximate surface area is 88.9 Å². The van der Waals surface area contributed by atoms with Gasteiger partial charge in [0.25, 0.3) is 0 Å². The van der Waals surface area contributed by atoms with E-state index in [2.05, 4.69) is 18.9 Å². The van der Waals surface area contributed by atoms with Gasteiger partial charge in [-0.15, -0.1) is 0 Å². The molecular weight excluding hydrogens is 192 g/mol. The van der Waals surface area contributed by atoms with E-state index in [0.29, 0.717) is 5.92 Å². The molecule has 15 heavy (non-hydrogen) atoms. The van der Waals surface area contributed by atoms with Crippen molar-refractivity contribution in [3.8, 4) is 0 Å². The van der Waals surface area contributed by atoms with Crippen molar-refractivity contribution in [2.75, 3.05) is 0 Å². The zero-order valence-electron chi connectivity index (χ0n) is 9.05. The Morgan fingerprint density at radius 1 is 1.73 bits per heavy atom. The number of carbonyl (C=O) groups is 1. The number of aromatic nitrogens is 2. The Bertz CT molecular complexity index is 370. The van der Waals surface area contributed by atoms with Crippen molar-refractivity contribution in [2.45, 2.75) is 32.7 Å². The highest BCUT2D eigenvalue weighted by atomic mass is 16.4. The molecule has 0 bridgehead atoms. The van der Waals surface area contributed by atoms with Crippen LogP contribution in [0, 0.1) is 11.8 Å². The molecule has 0 radical (unpaired) electrons. The summed E-state index contributed by atoms with van der Waals surface area (Å²) in [7, 11) is 0. The van der Waals surface area contributed by atoms with E-state index in [0.717, 1.165) is 18.7 Å². The van der Waals surface area contributed by atoms with Crippen molar-refractivity contribution < 1.29 is 9.90 Å². The second kappa shape index (κ2) is 3.68. The fourth-order valence-electron chi connectivity index (χ4n) is 1.85. The van der Waals surface area contributed by atoms with Crippen molar-refractivity contribution in [3.63, 3.8) is 0 Å². The Balaban J connectivity index is 2.00. The van der Waals surface area contributed by atoms with Crippen LogP contribution in [0.5, 0.6) is 0 Å². The van der Waals surface area contributed by atoms with Gasteiger partial charge in [0.2, 0.25) is 0 Å². The zero-order chi connectivity index (χ0) is 11.0. The number of aliphatic carboxylic acids is 1. The molecule has 1 fully saturated rings. The summed E-state index contributed by atoms with van der Waals surface area (Å²) in [6.07, 6.45) is 2.68. The topological polar surface area (TPSA) is 55.1 Å². The molecule has 0 unspecified atom stereocenters. The van der Waals surface area contributed by atoms with Gasteiger partial charge < -0.3 is 5.11 Å². The van der Waals surface area contributed by atoms with Gasteiger partial charge in [0.05, 0.1) is 11.6 Å². The van der Waals surface area contributed by atoms with Gasteiger partial charge in [-0.2, -0.15) is 5.10 Å². The van der Waals surface area contributed by atoms with Crippen LogP contribution in [0.1, 0.15) is 31.9 Å². The number of carboxylic acid groups (broad SMARTS) is 1. The molecule has 4 heteroatoms. The van der Waals surface area contributed by atoms with Gasteiger partial charge in [-0.05, 0) is 18.4 Å². The molecule has 0 aromatic carbocycles. The van der Waals surface area contributed by atoms with Crippen molar-refractivity contribution in [1.29, 1.82) is 0 Å². The smallest absolute Gasteiger partial charge is 0.307 e. The lowest BCUT2D eigenvalue weighted by Crippen LogP contribution is -2.05. The standard InChI is InChI=1S/C11H16N2O2/c1-7(2)6-13-4-3-10(12-13)8-5-9(8)11(14)15/h3-4,7-9H,5-6H2,1-2H3,(H,14,15)/t8-,9-/m1/s1. The molecule has 0 saturated heterocycles. The van der Waals surface area contributed by atoms with E-state index in [9.17, 15) is 4.79 Å². The van der Waals surface area contributed by atoms with Gasteiger partial charge in [-0.3, -0.25) is 9.48 Å². The summed E-state index contributed by atoms with van der Waals surface area (Å²) in [6, 6.07) is 1.94. The van der Waals surface area contributed by atoms with Crippen LogP contribution >= 0.6 is 0 Å². The molecule has 1 N–H and O–H groups in total. The Kier molecular flexibility index (Phi) is 2.50. The molecule has 0 aliphatic heterocycles. The van der Waals surface area contributed by atoms with Crippen molar-refractivity contribution in [3.05, 3.63) is 18.0 Å². The van der Waals surface area contributed by atoms with Gasteiger partial charge in [0, 0.05) is 18.7 Å². The van der Waals surface area contributed by atoms with E-state index in [1.165, 1.54) is 0 Å². The molecule has 2 atom stereocenters. The molecule has 1 aliphatic carbocycles. The van der Waals surface area contributed by atoms with E-state index < -0.39 is 5.97 Å². The highest BCUT2D eigenvalue weighted by Crippen LogP contribution is 2.46. The van der Waals surface area contributed by atoms with Crippen molar-refractivity contribution >= 4 is 5.97 Å². The fraction of sp³-hybridized carbons (Fsp3) is 0.636. The van der Waals surface area contributed by atoms with Crippen LogP contribution in [0.2, 0.25) is 0 Å². The van der Waals surface area contributed by atoms with E-state index in [-0.39, 0.29) is 11.8 Å². The molecule has 2 rings (SSSR count). The summed E-state index contributed by atoms with van der Waals surface area (Å²) in [4.78, 5) is 10.7. The molecular formula is C11H16N2O2. The van der Waals surface area contributed by atoms with Gasteiger partial charge in [-0.25, -0.2) is 0 Å². The molecule has 0 amide bonds. The van der Waals surface area contributed by atoms with Gasteiger partial charge in [0.1, 0.15) is 0 Å². The predicted octanol–water partition coefficient (Wildman–Crippen LogP) is 1.73. The molecule has 1 aromatic heterocycles. The third-order valence-electron chi connectivity index (χ3n) is 2.70. The van der Waals surface area contributed by atoms with Crippen LogP contribution in [0.3, 0.4) is 0 Å². The van der Waals surface area contributed by atoms with Crippen LogP contribution in [0.4, 0.5) is 0 Å². The van der Waals surface area contributed by atoms with Crippen LogP contribution in [0.25, 0.3) is 0 Å². The van der Waals surface area contributed by atoms with E-state index in [4.69, 9.17) is 5.11 Å². The maximum atomic E-state index is 10.7. The summed E-state index contributed by atoms with van der Waals surface area (Å²) in [6.45, 7) is 5.17. The lowest BCUT2D eigenvalue weighted by atomic mass is 10.2. The normalized spacial score (nSPS) is 24.5. The summed E-state index contributed by atoms with van der Waals surface area (Å²) < 4.78 is 1.90. The molecule has 82 valence electrons. The largest absolute Gasteiger partial charge is 0.481 e. The Hall–Kier alpha value is -1.32. The Morgan fingerprint density at radius 3 is 3.00 bits per heavy atom. The second-order valence-corrected chi connectivity index (χ2v) is 4.64. The van der Waals surface area contributed by atoms with Crippen molar-refractivity contribution in [1.82, 2.24) is 9.78 Å². The number of hydrogen-bond acceptors (Lipinski definition) is 2. The molecule has 1 saturated carbocycles. The van der Waals surface area contributed by atoms with Crippen LogP contribution in [-0.4, -0.2) is 20.9 Å². The Morgan fingerprint density at radius 2 is 2.47 bits per heavy atom. The molecule has 4 nitrogen and oxygen atoms in total. The highest BCUT2D eigenvalue weighted by Gasteiger charge is 2.45. The minimum absolute atomic E-state index is 0.149. The number of carboxylic acids is 1. The van der Waals surface area contributed by atoms with E-state index in [1.54, 1.807) is 0 Å². The molecule has 0 spiro atoms. The quantitative estimate of drug-likeness (QED) is 0.819. The third kappa shape index (κ3) is 2.19. The SMILES string of the molecule is CC(C)Cn1ccc([C@@H]2C[C@H]2C(=O)O)n1. The van der Waals surface area contributed by atoms with E-state index >= 15 is 0 Å². The van der Waals surface area contributed by atoms with Crippen LogP contribution < -0.4 is 0 Å². The fourth-order valence-corrected chi connectivity index (χ4v) is 1.85. The second-order valence-electron chi connectivity index (χ2n) is 4.64. The van der Waals surface area contributed by atoms with Crippen molar-refractivity contribution in [2.24, 2.45) is 11.8 Å². The number of nitrogens with zero attached hydrogens (tertiary/aromatic N) is 2. The summed E-state index contributed by atoms with van der Waals surface area (Å²) in [5, 5.41) is 13.2.